The van der Waals surface area contributed by atoms with E-state index < -0.39 is 0 Å². The van der Waals surface area contributed by atoms with Gasteiger partial charge in [-0.2, -0.15) is 0 Å². The molecule has 0 aliphatic carbocycles. The summed E-state index contributed by atoms with van der Waals surface area (Å²) >= 11 is 0. The average Bonchev–Trinajstić information content (AvgIpc) is 2.47. The predicted molar refractivity (Wildman–Crippen MR) is 70.9 cm³/mol. The van der Waals surface area contributed by atoms with Gasteiger partial charge in [-0.05, 0) is 18.6 Å². The number of hydrogen-bond acceptors (Lipinski definition) is 5. The first kappa shape index (κ1) is 14.0. The molecule has 0 N–H and O–H groups in total. The molecular formula is C14H20N2O3. The van der Waals surface area contributed by atoms with Crippen molar-refractivity contribution in [2.45, 2.75) is 26.0 Å². The minimum Gasteiger partial charge on any atom is -0.465 e. The molecule has 2 rings (SSSR count). The molecule has 0 aromatic carbocycles. The predicted octanol–water partition coefficient (Wildman–Crippen LogP) is 1.48. The van der Waals surface area contributed by atoms with Crippen LogP contribution in [-0.2, 0) is 16.0 Å². The normalized spacial score (nSPS) is 20.2. The van der Waals surface area contributed by atoms with E-state index >= 15 is 0 Å². The van der Waals surface area contributed by atoms with E-state index in [1.54, 1.807) is 12.3 Å². The van der Waals surface area contributed by atoms with Gasteiger partial charge >= 0.3 is 5.97 Å². The Morgan fingerprint density at radius 2 is 2.42 bits per heavy atom. The summed E-state index contributed by atoms with van der Waals surface area (Å²) in [5, 5.41) is 0. The molecule has 0 saturated carbocycles. The quantitative estimate of drug-likeness (QED) is 0.771. The van der Waals surface area contributed by atoms with Crippen LogP contribution in [0.3, 0.4) is 0 Å². The van der Waals surface area contributed by atoms with Crippen LogP contribution in [0, 0.1) is 0 Å². The fraction of sp³-hybridized carbons (Fsp3) is 0.571. The summed E-state index contributed by atoms with van der Waals surface area (Å²) < 4.78 is 10.3. The number of rotatable bonds is 4. The van der Waals surface area contributed by atoms with Crippen LogP contribution < -0.4 is 0 Å². The smallest absolute Gasteiger partial charge is 0.339 e. The largest absolute Gasteiger partial charge is 0.465 e. The number of nitrogens with zero attached hydrogens (tertiary/aromatic N) is 2. The molecule has 0 radical (unpaired) electrons. The van der Waals surface area contributed by atoms with Crippen LogP contribution in [0.25, 0.3) is 0 Å². The Morgan fingerprint density at radius 1 is 1.58 bits per heavy atom. The lowest BCUT2D eigenvalue weighted by Crippen LogP contribution is -2.41. The maximum atomic E-state index is 11.3. The Labute approximate surface area is 113 Å². The molecular weight excluding hydrogens is 244 g/mol. The molecule has 2 heterocycles. The van der Waals surface area contributed by atoms with Crippen LogP contribution in [0.2, 0.25) is 0 Å². The Balaban J connectivity index is 1.94. The number of methoxy groups -OCH3 is 1. The van der Waals surface area contributed by atoms with Gasteiger partial charge in [0.1, 0.15) is 0 Å². The summed E-state index contributed by atoms with van der Waals surface area (Å²) in [6, 6.07) is 3.63. The van der Waals surface area contributed by atoms with Gasteiger partial charge in [-0.3, -0.25) is 9.88 Å². The zero-order chi connectivity index (χ0) is 13.7. The van der Waals surface area contributed by atoms with Gasteiger partial charge in [-0.25, -0.2) is 4.79 Å². The number of carbonyl (C=O) groups excluding carboxylic acids is 1. The molecule has 1 fully saturated rings. The third-order valence-electron chi connectivity index (χ3n) is 3.31. The summed E-state index contributed by atoms with van der Waals surface area (Å²) in [6.45, 7) is 5.57. The first-order chi connectivity index (χ1) is 9.22. The molecule has 104 valence electrons. The van der Waals surface area contributed by atoms with Crippen LogP contribution >= 0.6 is 0 Å². The van der Waals surface area contributed by atoms with Crippen molar-refractivity contribution < 1.29 is 14.3 Å². The minimum absolute atomic E-state index is 0.322. The van der Waals surface area contributed by atoms with Crippen molar-refractivity contribution in [1.82, 2.24) is 9.88 Å². The van der Waals surface area contributed by atoms with Crippen molar-refractivity contribution in [2.75, 3.05) is 26.8 Å². The first-order valence-electron chi connectivity index (χ1n) is 6.60. The summed E-state index contributed by atoms with van der Waals surface area (Å²) in [4.78, 5) is 17.9. The summed E-state index contributed by atoms with van der Waals surface area (Å²) in [5.41, 5.74) is 1.45. The molecule has 1 unspecified atom stereocenters. The Bertz CT molecular complexity index is 419. The third-order valence-corrected chi connectivity index (χ3v) is 3.31. The molecule has 0 amide bonds. The summed E-state index contributed by atoms with van der Waals surface area (Å²) in [7, 11) is 1.37. The molecule has 5 heteroatoms. The van der Waals surface area contributed by atoms with Gasteiger partial charge in [-0.15, -0.1) is 0 Å². The Hall–Kier alpha value is -1.46. The van der Waals surface area contributed by atoms with Crippen LogP contribution in [0.15, 0.2) is 18.3 Å². The van der Waals surface area contributed by atoms with E-state index in [4.69, 9.17) is 4.74 Å². The number of hydrogen-bond donors (Lipinski definition) is 0. The van der Waals surface area contributed by atoms with E-state index in [2.05, 4.69) is 21.5 Å². The third kappa shape index (κ3) is 3.75. The van der Waals surface area contributed by atoms with Gasteiger partial charge in [0.2, 0.25) is 0 Å². The van der Waals surface area contributed by atoms with Crippen molar-refractivity contribution in [3.63, 3.8) is 0 Å². The highest BCUT2D eigenvalue weighted by atomic mass is 16.5. The highest BCUT2D eigenvalue weighted by Gasteiger charge is 2.19. The van der Waals surface area contributed by atoms with Gasteiger partial charge in [0, 0.05) is 25.8 Å². The van der Waals surface area contributed by atoms with Gasteiger partial charge in [0.15, 0.2) is 0 Å². The number of esters is 1. The molecule has 1 saturated heterocycles. The van der Waals surface area contributed by atoms with Crippen molar-refractivity contribution in [3.8, 4) is 0 Å². The topological polar surface area (TPSA) is 51.7 Å². The minimum atomic E-state index is -0.350. The monoisotopic (exact) mass is 264 g/mol. The molecule has 1 aromatic rings. The van der Waals surface area contributed by atoms with Crippen LogP contribution in [0.5, 0.6) is 0 Å². The number of aromatic nitrogens is 1. The van der Waals surface area contributed by atoms with Crippen molar-refractivity contribution >= 4 is 5.97 Å². The first-order valence-corrected chi connectivity index (χ1v) is 6.60. The molecule has 1 aliphatic rings. The summed E-state index contributed by atoms with van der Waals surface area (Å²) in [6.07, 6.45) is 2.92. The second-order valence-electron chi connectivity index (χ2n) is 4.67. The highest BCUT2D eigenvalue weighted by Crippen LogP contribution is 2.11. The van der Waals surface area contributed by atoms with Gasteiger partial charge in [0.05, 0.1) is 31.1 Å². The van der Waals surface area contributed by atoms with E-state index in [-0.39, 0.29) is 5.97 Å². The average molecular weight is 264 g/mol. The van der Waals surface area contributed by atoms with E-state index in [1.807, 2.05) is 6.07 Å². The Kier molecular flexibility index (Phi) is 4.87. The number of pyridine rings is 1. The second-order valence-corrected chi connectivity index (χ2v) is 4.67. The molecule has 1 aromatic heterocycles. The lowest BCUT2D eigenvalue weighted by Gasteiger charge is -2.32. The van der Waals surface area contributed by atoms with Crippen molar-refractivity contribution in [1.29, 1.82) is 0 Å². The van der Waals surface area contributed by atoms with Crippen LogP contribution in [-0.4, -0.2) is 48.8 Å². The second kappa shape index (κ2) is 6.63. The van der Waals surface area contributed by atoms with Gasteiger partial charge in [0.25, 0.3) is 0 Å². The number of carbonyl (C=O) groups is 1. The van der Waals surface area contributed by atoms with Crippen LogP contribution in [0.4, 0.5) is 0 Å². The standard InChI is InChI=1S/C14H20N2O3/c1-3-13-10-16(6-7-19-13)9-12-5-4-11(8-15-12)14(17)18-2/h4-5,8,13H,3,6-7,9-10H2,1-2H3. The zero-order valence-electron chi connectivity index (χ0n) is 11.5. The summed E-state index contributed by atoms with van der Waals surface area (Å²) in [5.74, 6) is -0.350. The van der Waals surface area contributed by atoms with Crippen molar-refractivity contribution in [2.24, 2.45) is 0 Å². The highest BCUT2D eigenvalue weighted by molar-refractivity contribution is 5.88. The molecule has 0 spiro atoms. The van der Waals surface area contributed by atoms with Crippen molar-refractivity contribution in [3.05, 3.63) is 29.6 Å². The van der Waals surface area contributed by atoms with E-state index in [9.17, 15) is 4.79 Å². The molecule has 1 atom stereocenters. The molecule has 1 aliphatic heterocycles. The van der Waals surface area contributed by atoms with Gasteiger partial charge < -0.3 is 9.47 Å². The number of morpholine rings is 1. The fourth-order valence-electron chi connectivity index (χ4n) is 2.16. The SMILES string of the molecule is CCC1CN(Cc2ccc(C(=O)OC)cn2)CCO1. The molecule has 5 nitrogen and oxygen atoms in total. The van der Waals surface area contributed by atoms with E-state index in [0.717, 1.165) is 38.4 Å². The van der Waals surface area contributed by atoms with E-state index in [1.165, 1.54) is 7.11 Å². The fourth-order valence-corrected chi connectivity index (χ4v) is 2.16. The van der Waals surface area contributed by atoms with E-state index in [0.29, 0.717) is 11.7 Å². The zero-order valence-corrected chi connectivity index (χ0v) is 11.5. The maximum Gasteiger partial charge on any atom is 0.339 e. The molecule has 19 heavy (non-hydrogen) atoms. The lowest BCUT2D eigenvalue weighted by atomic mass is 10.2. The lowest BCUT2D eigenvalue weighted by molar-refractivity contribution is -0.0328. The molecule has 0 bridgehead atoms. The van der Waals surface area contributed by atoms with Gasteiger partial charge in [-0.1, -0.05) is 6.92 Å². The Morgan fingerprint density at radius 3 is 3.05 bits per heavy atom. The maximum absolute atomic E-state index is 11.3. The number of ether oxygens (including phenoxy) is 2. The van der Waals surface area contributed by atoms with Crippen LogP contribution in [0.1, 0.15) is 29.4 Å².